The Balaban J connectivity index is 2.12. The second-order valence-corrected chi connectivity index (χ2v) is 5.42. The Hall–Kier alpha value is -0.830. The van der Waals surface area contributed by atoms with Crippen molar-refractivity contribution >= 4 is 0 Å². The summed E-state index contributed by atoms with van der Waals surface area (Å²) in [5.41, 5.74) is 0.456. The summed E-state index contributed by atoms with van der Waals surface area (Å²) in [7, 11) is 1.92. The summed E-state index contributed by atoms with van der Waals surface area (Å²) in [5, 5.41) is 15.1. The van der Waals surface area contributed by atoms with E-state index in [1.807, 2.05) is 19.3 Å². The van der Waals surface area contributed by atoms with Crippen molar-refractivity contribution in [3.05, 3.63) is 18.0 Å². The van der Waals surface area contributed by atoms with Gasteiger partial charge in [0.25, 0.3) is 0 Å². The van der Waals surface area contributed by atoms with E-state index in [0.29, 0.717) is 18.3 Å². The number of rotatable bonds is 2. The Bertz CT molecular complexity index is 361. The minimum absolute atomic E-state index is 0.364. The molecule has 0 amide bonds. The third kappa shape index (κ3) is 2.14. The molecule has 0 aromatic carbocycles. The van der Waals surface area contributed by atoms with Crippen LogP contribution in [0.2, 0.25) is 0 Å². The summed E-state index contributed by atoms with van der Waals surface area (Å²) < 4.78 is 1.80. The quantitative estimate of drug-likeness (QED) is 0.832. The summed E-state index contributed by atoms with van der Waals surface area (Å²) in [4.78, 5) is 0. The van der Waals surface area contributed by atoms with E-state index in [2.05, 4.69) is 18.9 Å². The first-order valence-corrected chi connectivity index (χ1v) is 6.22. The molecular weight excluding hydrogens is 200 g/mol. The number of hydrogen-bond donors (Lipinski definition) is 1. The fourth-order valence-electron chi connectivity index (χ4n) is 2.86. The highest BCUT2D eigenvalue weighted by molar-refractivity contribution is 5.06. The van der Waals surface area contributed by atoms with Gasteiger partial charge in [-0.3, -0.25) is 4.68 Å². The van der Waals surface area contributed by atoms with Gasteiger partial charge in [-0.05, 0) is 24.3 Å². The van der Waals surface area contributed by atoms with Crippen LogP contribution in [0, 0.1) is 11.8 Å². The largest absolute Gasteiger partial charge is 0.389 e. The Kier molecular flexibility index (Phi) is 3.06. The van der Waals surface area contributed by atoms with E-state index in [1.165, 1.54) is 6.42 Å². The molecule has 16 heavy (non-hydrogen) atoms. The van der Waals surface area contributed by atoms with E-state index in [9.17, 15) is 5.11 Å². The topological polar surface area (TPSA) is 38.0 Å². The number of nitrogens with zero attached hydrogens (tertiary/aromatic N) is 2. The van der Waals surface area contributed by atoms with Gasteiger partial charge < -0.3 is 5.11 Å². The molecule has 0 radical (unpaired) electrons. The second-order valence-electron chi connectivity index (χ2n) is 5.42. The molecule has 1 N–H and O–H groups in total. The molecule has 1 aromatic heterocycles. The van der Waals surface area contributed by atoms with Crippen LogP contribution in [0.25, 0.3) is 0 Å². The lowest BCUT2D eigenvalue weighted by molar-refractivity contribution is -0.0627. The average Bonchev–Trinajstić information content (AvgIpc) is 2.60. The Labute approximate surface area is 97.5 Å². The highest BCUT2D eigenvalue weighted by Gasteiger charge is 2.40. The smallest absolute Gasteiger partial charge is 0.0731 e. The van der Waals surface area contributed by atoms with E-state index in [-0.39, 0.29) is 0 Å². The molecule has 3 nitrogen and oxygen atoms in total. The number of aryl methyl sites for hydroxylation is 1. The van der Waals surface area contributed by atoms with Gasteiger partial charge in [0.1, 0.15) is 0 Å². The van der Waals surface area contributed by atoms with Crippen molar-refractivity contribution in [1.82, 2.24) is 9.78 Å². The predicted octanol–water partition coefficient (Wildman–Crippen LogP) is 2.15. The van der Waals surface area contributed by atoms with Gasteiger partial charge in [-0.2, -0.15) is 5.10 Å². The standard InChI is InChI=1S/C13H22N2O/c1-10-5-4-7-13(16,11(10)2)9-12-6-8-15(3)14-12/h6,8,10-11,16H,4-5,7,9H2,1-3H3. The maximum Gasteiger partial charge on any atom is 0.0731 e. The van der Waals surface area contributed by atoms with Crippen LogP contribution < -0.4 is 0 Å². The van der Waals surface area contributed by atoms with Crippen molar-refractivity contribution in [2.75, 3.05) is 0 Å². The van der Waals surface area contributed by atoms with E-state index >= 15 is 0 Å². The summed E-state index contributed by atoms with van der Waals surface area (Å²) in [6.07, 6.45) is 5.92. The zero-order valence-electron chi connectivity index (χ0n) is 10.5. The minimum Gasteiger partial charge on any atom is -0.389 e. The average molecular weight is 222 g/mol. The van der Waals surface area contributed by atoms with Crippen LogP contribution in [0.15, 0.2) is 12.3 Å². The van der Waals surface area contributed by atoms with Crippen molar-refractivity contribution < 1.29 is 5.11 Å². The number of aromatic nitrogens is 2. The molecule has 1 aliphatic rings. The lowest BCUT2D eigenvalue weighted by Gasteiger charge is -2.41. The summed E-state index contributed by atoms with van der Waals surface area (Å²) in [6, 6.07) is 2.00. The molecule has 1 aromatic rings. The second kappa shape index (κ2) is 4.21. The first-order chi connectivity index (χ1) is 7.51. The SMILES string of the molecule is CC1CCCC(O)(Cc2ccn(C)n2)C1C. The molecular formula is C13H22N2O. The van der Waals surface area contributed by atoms with Crippen molar-refractivity contribution in [2.45, 2.75) is 45.1 Å². The summed E-state index contributed by atoms with van der Waals surface area (Å²) in [6.45, 7) is 4.42. The van der Waals surface area contributed by atoms with Gasteiger partial charge >= 0.3 is 0 Å². The zero-order valence-corrected chi connectivity index (χ0v) is 10.5. The van der Waals surface area contributed by atoms with Crippen LogP contribution in [0.1, 0.15) is 38.8 Å². The highest BCUT2D eigenvalue weighted by atomic mass is 16.3. The monoisotopic (exact) mass is 222 g/mol. The molecule has 3 atom stereocenters. The molecule has 1 heterocycles. The van der Waals surface area contributed by atoms with Crippen molar-refractivity contribution in [2.24, 2.45) is 18.9 Å². The lowest BCUT2D eigenvalue weighted by atomic mass is 9.69. The first-order valence-electron chi connectivity index (χ1n) is 6.22. The van der Waals surface area contributed by atoms with Gasteiger partial charge in [0.2, 0.25) is 0 Å². The van der Waals surface area contributed by atoms with E-state index in [4.69, 9.17) is 0 Å². The van der Waals surface area contributed by atoms with Crippen LogP contribution >= 0.6 is 0 Å². The fraction of sp³-hybridized carbons (Fsp3) is 0.769. The third-order valence-electron chi connectivity index (χ3n) is 4.23. The molecule has 2 rings (SSSR count). The number of aliphatic hydroxyl groups is 1. The van der Waals surface area contributed by atoms with Crippen LogP contribution in [0.3, 0.4) is 0 Å². The van der Waals surface area contributed by atoms with Gasteiger partial charge in [0, 0.05) is 19.7 Å². The van der Waals surface area contributed by atoms with Gasteiger partial charge in [-0.1, -0.05) is 26.7 Å². The molecule has 3 heteroatoms. The summed E-state index contributed by atoms with van der Waals surface area (Å²) in [5.74, 6) is 0.978. The van der Waals surface area contributed by atoms with E-state index < -0.39 is 5.60 Å². The predicted molar refractivity (Wildman–Crippen MR) is 64.0 cm³/mol. The van der Waals surface area contributed by atoms with Gasteiger partial charge in [0.15, 0.2) is 0 Å². The van der Waals surface area contributed by atoms with Crippen molar-refractivity contribution in [3.63, 3.8) is 0 Å². The van der Waals surface area contributed by atoms with Crippen molar-refractivity contribution in [3.8, 4) is 0 Å². The zero-order chi connectivity index (χ0) is 11.8. The molecule has 1 saturated carbocycles. The van der Waals surface area contributed by atoms with Crippen LogP contribution in [0.5, 0.6) is 0 Å². The Morgan fingerprint density at radius 2 is 2.31 bits per heavy atom. The molecule has 0 saturated heterocycles. The molecule has 1 aliphatic carbocycles. The van der Waals surface area contributed by atoms with Crippen LogP contribution in [-0.2, 0) is 13.5 Å². The Morgan fingerprint density at radius 3 is 2.94 bits per heavy atom. The van der Waals surface area contributed by atoms with Crippen LogP contribution in [-0.4, -0.2) is 20.5 Å². The maximum absolute atomic E-state index is 10.7. The molecule has 0 bridgehead atoms. The molecule has 3 unspecified atom stereocenters. The molecule has 0 aliphatic heterocycles. The minimum atomic E-state index is -0.550. The number of hydrogen-bond acceptors (Lipinski definition) is 2. The fourth-order valence-corrected chi connectivity index (χ4v) is 2.86. The van der Waals surface area contributed by atoms with E-state index in [1.54, 1.807) is 4.68 Å². The summed E-state index contributed by atoms with van der Waals surface area (Å²) >= 11 is 0. The normalized spacial score (nSPS) is 35.2. The van der Waals surface area contributed by atoms with Crippen LogP contribution in [0.4, 0.5) is 0 Å². The van der Waals surface area contributed by atoms with Crippen molar-refractivity contribution in [1.29, 1.82) is 0 Å². The van der Waals surface area contributed by atoms with Gasteiger partial charge in [-0.15, -0.1) is 0 Å². The molecule has 0 spiro atoms. The van der Waals surface area contributed by atoms with Gasteiger partial charge in [-0.25, -0.2) is 0 Å². The van der Waals surface area contributed by atoms with E-state index in [0.717, 1.165) is 18.5 Å². The van der Waals surface area contributed by atoms with Gasteiger partial charge in [0.05, 0.1) is 11.3 Å². The third-order valence-corrected chi connectivity index (χ3v) is 4.23. The molecule has 1 fully saturated rings. The highest BCUT2D eigenvalue weighted by Crippen LogP contribution is 2.39. The molecule has 90 valence electrons. The maximum atomic E-state index is 10.7. The lowest BCUT2D eigenvalue weighted by Crippen LogP contribution is -2.44. The first kappa shape index (κ1) is 11.6. The Morgan fingerprint density at radius 1 is 1.56 bits per heavy atom.